The molecule has 0 aromatic rings. The van der Waals surface area contributed by atoms with Crippen molar-refractivity contribution in [3.05, 3.63) is 22.3 Å². The summed E-state index contributed by atoms with van der Waals surface area (Å²) in [6.45, 7) is 1.12. The van der Waals surface area contributed by atoms with Crippen molar-refractivity contribution in [1.29, 1.82) is 0 Å². The normalized spacial score (nSPS) is 28.4. The van der Waals surface area contributed by atoms with Crippen molar-refractivity contribution >= 4 is 11.9 Å². The van der Waals surface area contributed by atoms with E-state index >= 15 is 0 Å². The number of carbonyl (C=O) groups excluding carboxylic acids is 1. The first-order valence-electron chi connectivity index (χ1n) is 4.63. The zero-order valence-electron chi connectivity index (χ0n) is 8.53. The first-order valence-corrected chi connectivity index (χ1v) is 4.63. The largest absolute Gasteiger partial charge is 0.481 e. The summed E-state index contributed by atoms with van der Waals surface area (Å²) in [5.74, 6) is -3.10. The fourth-order valence-electron chi connectivity index (χ4n) is 1.66. The molecule has 1 rings (SSSR count). The van der Waals surface area contributed by atoms with E-state index in [0.29, 0.717) is 0 Å². The van der Waals surface area contributed by atoms with Crippen molar-refractivity contribution in [2.24, 2.45) is 5.92 Å². The van der Waals surface area contributed by atoms with Crippen LogP contribution in [-0.4, -0.2) is 34.1 Å². The molecule has 0 fully saturated rings. The molecule has 0 aromatic heterocycles. The maximum Gasteiger partial charge on any atom is 0.314 e. The Morgan fingerprint density at radius 2 is 2.19 bits per heavy atom. The number of carboxylic acids is 1. The summed E-state index contributed by atoms with van der Waals surface area (Å²) in [6, 6.07) is -1.42. The van der Waals surface area contributed by atoms with E-state index in [-0.39, 0.29) is 6.42 Å². The summed E-state index contributed by atoms with van der Waals surface area (Å²) in [4.78, 5) is 31.6. The van der Waals surface area contributed by atoms with Crippen molar-refractivity contribution in [1.82, 2.24) is 0 Å². The van der Waals surface area contributed by atoms with Crippen LogP contribution in [0.3, 0.4) is 0 Å². The molecule has 0 heterocycles. The summed E-state index contributed by atoms with van der Waals surface area (Å²) in [5.41, 5.74) is 0. The number of hydrogen-bond donors (Lipinski definition) is 1. The topological polar surface area (TPSA) is 107 Å². The number of allylic oxidation sites excluding steroid dienone is 1. The lowest BCUT2D eigenvalue weighted by atomic mass is 9.87. The Hall–Kier alpha value is -1.92. The summed E-state index contributed by atoms with van der Waals surface area (Å²) in [6.07, 6.45) is 1.79. The third-order valence-corrected chi connectivity index (χ3v) is 2.33. The summed E-state index contributed by atoms with van der Waals surface area (Å²) >= 11 is 0. The van der Waals surface area contributed by atoms with Gasteiger partial charge in [-0.3, -0.25) is 19.7 Å². The van der Waals surface area contributed by atoms with Crippen LogP contribution in [0.1, 0.15) is 13.3 Å². The van der Waals surface area contributed by atoms with E-state index < -0.39 is 34.9 Å². The summed E-state index contributed by atoms with van der Waals surface area (Å²) in [7, 11) is 0. The maximum absolute atomic E-state index is 10.8. The molecule has 7 heteroatoms. The number of nitro groups is 1. The minimum Gasteiger partial charge on any atom is -0.481 e. The molecule has 1 aliphatic rings. The molecule has 0 unspecified atom stereocenters. The SMILES string of the molecule is CC(=O)O[C@H]1C=CC[C@H](C(=O)O)[C@H]1[N+](=O)[O-]. The number of carboxylic acid groups (broad SMARTS) is 1. The smallest absolute Gasteiger partial charge is 0.314 e. The van der Waals surface area contributed by atoms with E-state index in [2.05, 4.69) is 0 Å². The Morgan fingerprint density at radius 1 is 1.56 bits per heavy atom. The van der Waals surface area contributed by atoms with Crippen LogP contribution in [0.2, 0.25) is 0 Å². The van der Waals surface area contributed by atoms with Crippen LogP contribution in [0.15, 0.2) is 12.2 Å². The van der Waals surface area contributed by atoms with Crippen molar-refractivity contribution in [3.63, 3.8) is 0 Å². The van der Waals surface area contributed by atoms with Crippen LogP contribution in [0.4, 0.5) is 0 Å². The first kappa shape index (κ1) is 12.2. The van der Waals surface area contributed by atoms with Crippen LogP contribution >= 0.6 is 0 Å². The van der Waals surface area contributed by atoms with Gasteiger partial charge in [0.1, 0.15) is 5.92 Å². The standard InChI is InChI=1S/C9H11NO6/c1-5(11)16-7-4-2-3-6(9(12)13)8(7)10(14)15/h2,4,6-8H,3H2,1H3,(H,12,13)/t6-,7-,8+/m0/s1. The average Bonchev–Trinajstić information content (AvgIpc) is 2.15. The molecule has 0 radical (unpaired) electrons. The molecule has 0 aliphatic heterocycles. The van der Waals surface area contributed by atoms with Gasteiger partial charge in [0.05, 0.1) is 0 Å². The monoisotopic (exact) mass is 229 g/mol. The fourth-order valence-corrected chi connectivity index (χ4v) is 1.66. The van der Waals surface area contributed by atoms with Gasteiger partial charge in [-0.15, -0.1) is 0 Å². The number of esters is 1. The molecular weight excluding hydrogens is 218 g/mol. The van der Waals surface area contributed by atoms with Gasteiger partial charge in [-0.1, -0.05) is 6.08 Å². The zero-order chi connectivity index (χ0) is 12.3. The van der Waals surface area contributed by atoms with E-state index in [4.69, 9.17) is 9.84 Å². The molecule has 0 spiro atoms. The molecular formula is C9H11NO6. The van der Waals surface area contributed by atoms with Gasteiger partial charge in [0, 0.05) is 11.8 Å². The Morgan fingerprint density at radius 3 is 2.62 bits per heavy atom. The Bertz CT molecular complexity index is 350. The Balaban J connectivity index is 2.94. The lowest BCUT2D eigenvalue weighted by Crippen LogP contribution is -2.46. The number of nitrogens with zero attached hydrogens (tertiary/aromatic N) is 1. The molecule has 7 nitrogen and oxygen atoms in total. The highest BCUT2D eigenvalue weighted by molar-refractivity contribution is 5.72. The van der Waals surface area contributed by atoms with Gasteiger partial charge in [-0.2, -0.15) is 0 Å². The number of ether oxygens (including phenoxy) is 1. The van der Waals surface area contributed by atoms with Crippen LogP contribution in [0.25, 0.3) is 0 Å². The predicted molar refractivity (Wildman–Crippen MR) is 51.2 cm³/mol. The first-order chi connectivity index (χ1) is 7.43. The predicted octanol–water partition coefficient (Wildman–Crippen LogP) is 0.224. The fraction of sp³-hybridized carbons (Fsp3) is 0.556. The number of hydrogen-bond acceptors (Lipinski definition) is 5. The molecule has 88 valence electrons. The molecule has 16 heavy (non-hydrogen) atoms. The second-order valence-corrected chi connectivity index (χ2v) is 3.46. The van der Waals surface area contributed by atoms with Crippen LogP contribution in [0, 0.1) is 16.0 Å². The third kappa shape index (κ3) is 2.56. The minimum absolute atomic E-state index is 0.0682. The number of rotatable bonds is 3. The van der Waals surface area contributed by atoms with Crippen molar-refractivity contribution in [2.45, 2.75) is 25.5 Å². The van der Waals surface area contributed by atoms with Gasteiger partial charge in [-0.05, 0) is 12.5 Å². The third-order valence-electron chi connectivity index (χ3n) is 2.33. The molecule has 0 aromatic carbocycles. The zero-order valence-corrected chi connectivity index (χ0v) is 8.53. The van der Waals surface area contributed by atoms with E-state index in [1.54, 1.807) is 0 Å². The van der Waals surface area contributed by atoms with Gasteiger partial charge < -0.3 is 9.84 Å². The Kier molecular flexibility index (Phi) is 3.60. The average molecular weight is 229 g/mol. The second-order valence-electron chi connectivity index (χ2n) is 3.46. The molecule has 3 atom stereocenters. The Labute approximate surface area is 90.8 Å². The van der Waals surface area contributed by atoms with Crippen LogP contribution < -0.4 is 0 Å². The molecule has 0 saturated carbocycles. The molecule has 0 amide bonds. The van der Waals surface area contributed by atoms with Crippen LogP contribution in [0.5, 0.6) is 0 Å². The van der Waals surface area contributed by atoms with E-state index in [9.17, 15) is 19.7 Å². The van der Waals surface area contributed by atoms with Crippen molar-refractivity contribution in [2.75, 3.05) is 0 Å². The lowest BCUT2D eigenvalue weighted by molar-refractivity contribution is -0.539. The molecule has 1 N–H and O–H groups in total. The van der Waals surface area contributed by atoms with E-state index in [1.165, 1.54) is 12.2 Å². The van der Waals surface area contributed by atoms with Crippen LogP contribution in [-0.2, 0) is 14.3 Å². The molecule has 1 aliphatic carbocycles. The van der Waals surface area contributed by atoms with E-state index in [0.717, 1.165) is 6.92 Å². The number of aliphatic carboxylic acids is 1. The summed E-state index contributed by atoms with van der Waals surface area (Å²) < 4.78 is 4.71. The highest BCUT2D eigenvalue weighted by atomic mass is 16.6. The van der Waals surface area contributed by atoms with Crippen molar-refractivity contribution < 1.29 is 24.4 Å². The van der Waals surface area contributed by atoms with Gasteiger partial charge in [-0.25, -0.2) is 0 Å². The molecule has 0 bridgehead atoms. The number of carbonyl (C=O) groups is 2. The quantitative estimate of drug-likeness (QED) is 0.321. The van der Waals surface area contributed by atoms with Crippen molar-refractivity contribution in [3.8, 4) is 0 Å². The summed E-state index contributed by atoms with van der Waals surface area (Å²) in [5, 5.41) is 19.6. The highest BCUT2D eigenvalue weighted by Crippen LogP contribution is 2.24. The van der Waals surface area contributed by atoms with Gasteiger partial charge in [0.25, 0.3) is 6.04 Å². The van der Waals surface area contributed by atoms with E-state index in [1.807, 2.05) is 0 Å². The van der Waals surface area contributed by atoms with Gasteiger partial charge >= 0.3 is 11.9 Å². The highest BCUT2D eigenvalue weighted by Gasteiger charge is 2.45. The van der Waals surface area contributed by atoms with Gasteiger partial charge in [0.2, 0.25) is 0 Å². The lowest BCUT2D eigenvalue weighted by Gasteiger charge is -2.25. The minimum atomic E-state index is -1.42. The maximum atomic E-state index is 10.8. The second kappa shape index (κ2) is 4.73. The molecule has 0 saturated heterocycles. The van der Waals surface area contributed by atoms with Gasteiger partial charge in [0.15, 0.2) is 6.10 Å².